The molecule has 20 heavy (non-hydrogen) atoms. The molecule has 2 aromatic carbocycles. The molecule has 3 rings (SSSR count). The number of hydrogen-bond acceptors (Lipinski definition) is 2. The molecule has 5 heteroatoms. The molecule has 0 aliphatic carbocycles. The lowest BCUT2D eigenvalue weighted by Gasteiger charge is -2.30. The Morgan fingerprint density at radius 3 is 2.60 bits per heavy atom. The predicted octanol–water partition coefficient (Wildman–Crippen LogP) is 4.25. The Morgan fingerprint density at radius 2 is 1.85 bits per heavy atom. The Bertz CT molecular complexity index is 662. The molecule has 0 fully saturated rings. The number of hydrogen-bond donors (Lipinski definition) is 1. The highest BCUT2D eigenvalue weighted by Gasteiger charge is 2.29. The molecule has 0 saturated carbocycles. The van der Waals surface area contributed by atoms with Gasteiger partial charge in [0.15, 0.2) is 0 Å². The van der Waals surface area contributed by atoms with E-state index in [9.17, 15) is 8.78 Å². The molecule has 1 heterocycles. The number of benzene rings is 2. The maximum absolute atomic E-state index is 13.8. The van der Waals surface area contributed by atoms with E-state index < -0.39 is 17.7 Å². The summed E-state index contributed by atoms with van der Waals surface area (Å²) in [6, 6.07) is 8.85. The standard InChI is InChI=1S/C15H12BrF2NO/c16-8-1-3-11-13(19)7-15(20-14(11)5-8)10-4-2-9(17)6-12(10)18/h1-6,13,15H,7,19H2. The first-order valence-corrected chi connectivity index (χ1v) is 7.00. The fraction of sp³-hybridized carbons (Fsp3) is 0.200. The minimum Gasteiger partial charge on any atom is -0.485 e. The van der Waals surface area contributed by atoms with E-state index >= 15 is 0 Å². The zero-order chi connectivity index (χ0) is 14.3. The van der Waals surface area contributed by atoms with Gasteiger partial charge in [-0.05, 0) is 24.3 Å². The van der Waals surface area contributed by atoms with E-state index in [0.29, 0.717) is 17.7 Å². The highest BCUT2D eigenvalue weighted by atomic mass is 79.9. The molecule has 0 amide bonds. The third kappa shape index (κ3) is 2.43. The second kappa shape index (κ2) is 5.14. The fourth-order valence-electron chi connectivity index (χ4n) is 2.43. The van der Waals surface area contributed by atoms with Gasteiger partial charge in [0.05, 0.1) is 0 Å². The largest absolute Gasteiger partial charge is 0.485 e. The Hall–Kier alpha value is -1.46. The average Bonchev–Trinajstić information content (AvgIpc) is 2.37. The molecule has 2 atom stereocenters. The number of fused-ring (bicyclic) bond motifs is 1. The van der Waals surface area contributed by atoms with Crippen LogP contribution in [0.3, 0.4) is 0 Å². The van der Waals surface area contributed by atoms with Crippen LogP contribution in [0.2, 0.25) is 0 Å². The van der Waals surface area contributed by atoms with Crippen LogP contribution in [0.5, 0.6) is 5.75 Å². The molecule has 0 radical (unpaired) electrons. The van der Waals surface area contributed by atoms with Gasteiger partial charge in [-0.15, -0.1) is 0 Å². The van der Waals surface area contributed by atoms with Gasteiger partial charge in [-0.2, -0.15) is 0 Å². The van der Waals surface area contributed by atoms with Gasteiger partial charge >= 0.3 is 0 Å². The quantitative estimate of drug-likeness (QED) is 0.842. The first-order chi connectivity index (χ1) is 9.54. The maximum Gasteiger partial charge on any atom is 0.133 e. The molecule has 2 N–H and O–H groups in total. The summed E-state index contributed by atoms with van der Waals surface area (Å²) in [7, 11) is 0. The number of rotatable bonds is 1. The van der Waals surface area contributed by atoms with Gasteiger partial charge < -0.3 is 10.5 Å². The van der Waals surface area contributed by atoms with Crippen molar-refractivity contribution in [3.63, 3.8) is 0 Å². The third-order valence-electron chi connectivity index (χ3n) is 3.42. The van der Waals surface area contributed by atoms with Crippen LogP contribution in [0.4, 0.5) is 8.78 Å². The van der Waals surface area contributed by atoms with Gasteiger partial charge in [-0.3, -0.25) is 0 Å². The van der Waals surface area contributed by atoms with Crippen molar-refractivity contribution in [3.05, 3.63) is 63.6 Å². The van der Waals surface area contributed by atoms with E-state index in [0.717, 1.165) is 16.1 Å². The van der Waals surface area contributed by atoms with Crippen molar-refractivity contribution in [2.24, 2.45) is 5.73 Å². The van der Waals surface area contributed by atoms with Crippen LogP contribution in [0.15, 0.2) is 40.9 Å². The lowest BCUT2D eigenvalue weighted by atomic mass is 9.93. The molecule has 104 valence electrons. The van der Waals surface area contributed by atoms with E-state index in [2.05, 4.69) is 15.9 Å². The Balaban J connectivity index is 1.98. The first kappa shape index (κ1) is 13.5. The highest BCUT2D eigenvalue weighted by Crippen LogP contribution is 2.41. The summed E-state index contributed by atoms with van der Waals surface area (Å²) in [5.74, 6) is -0.581. The molecule has 0 bridgehead atoms. The smallest absolute Gasteiger partial charge is 0.133 e. The average molecular weight is 340 g/mol. The normalized spacial score (nSPS) is 21.2. The van der Waals surface area contributed by atoms with Crippen molar-refractivity contribution in [1.29, 1.82) is 0 Å². The van der Waals surface area contributed by atoms with Crippen molar-refractivity contribution in [1.82, 2.24) is 0 Å². The molecule has 1 aliphatic heterocycles. The summed E-state index contributed by atoms with van der Waals surface area (Å²) < 4.78 is 33.5. The summed E-state index contributed by atoms with van der Waals surface area (Å²) in [4.78, 5) is 0. The molecule has 2 nitrogen and oxygen atoms in total. The maximum atomic E-state index is 13.8. The van der Waals surface area contributed by atoms with E-state index in [4.69, 9.17) is 10.5 Å². The van der Waals surface area contributed by atoms with Crippen molar-refractivity contribution < 1.29 is 13.5 Å². The van der Waals surface area contributed by atoms with E-state index in [1.165, 1.54) is 12.1 Å². The summed E-state index contributed by atoms with van der Waals surface area (Å²) in [5.41, 5.74) is 7.33. The van der Waals surface area contributed by atoms with Crippen LogP contribution < -0.4 is 10.5 Å². The minimum absolute atomic E-state index is 0.235. The van der Waals surface area contributed by atoms with Crippen LogP contribution in [-0.4, -0.2) is 0 Å². The van der Waals surface area contributed by atoms with Gasteiger partial charge in [-0.25, -0.2) is 8.78 Å². The highest BCUT2D eigenvalue weighted by molar-refractivity contribution is 9.10. The molecule has 1 aliphatic rings. The molecule has 0 aromatic heterocycles. The second-order valence-corrected chi connectivity index (χ2v) is 5.71. The van der Waals surface area contributed by atoms with Crippen LogP contribution in [-0.2, 0) is 0 Å². The summed E-state index contributed by atoms with van der Waals surface area (Å²) in [6.45, 7) is 0. The zero-order valence-corrected chi connectivity index (χ0v) is 12.0. The number of nitrogens with two attached hydrogens (primary N) is 1. The molecular formula is C15H12BrF2NO. The fourth-order valence-corrected chi connectivity index (χ4v) is 2.77. The lowest BCUT2D eigenvalue weighted by molar-refractivity contribution is 0.157. The SMILES string of the molecule is NC1CC(c2ccc(F)cc2F)Oc2cc(Br)ccc21. The topological polar surface area (TPSA) is 35.2 Å². The number of halogens is 3. The van der Waals surface area contributed by atoms with Crippen LogP contribution >= 0.6 is 15.9 Å². The minimum atomic E-state index is -0.611. The summed E-state index contributed by atoms with van der Waals surface area (Å²) in [6.07, 6.45) is -0.0515. The molecule has 0 spiro atoms. The van der Waals surface area contributed by atoms with Crippen molar-refractivity contribution in [2.75, 3.05) is 0 Å². The van der Waals surface area contributed by atoms with E-state index in [1.807, 2.05) is 18.2 Å². The first-order valence-electron chi connectivity index (χ1n) is 6.21. The Morgan fingerprint density at radius 1 is 1.10 bits per heavy atom. The van der Waals surface area contributed by atoms with Crippen molar-refractivity contribution in [3.8, 4) is 5.75 Å². The third-order valence-corrected chi connectivity index (χ3v) is 3.91. The Kier molecular flexibility index (Phi) is 3.48. The van der Waals surface area contributed by atoms with Gasteiger partial charge in [0.2, 0.25) is 0 Å². The lowest BCUT2D eigenvalue weighted by Crippen LogP contribution is -2.24. The van der Waals surface area contributed by atoms with Gasteiger partial charge in [0.1, 0.15) is 23.5 Å². The Labute approximate surface area is 123 Å². The second-order valence-electron chi connectivity index (χ2n) is 4.80. The van der Waals surface area contributed by atoms with Crippen LogP contribution in [0.1, 0.15) is 29.7 Å². The van der Waals surface area contributed by atoms with Gasteiger partial charge in [-0.1, -0.05) is 22.0 Å². The monoisotopic (exact) mass is 339 g/mol. The molecule has 2 aromatic rings. The van der Waals surface area contributed by atoms with Crippen LogP contribution in [0.25, 0.3) is 0 Å². The van der Waals surface area contributed by atoms with Gasteiger partial charge in [0, 0.05) is 34.1 Å². The van der Waals surface area contributed by atoms with Crippen molar-refractivity contribution in [2.45, 2.75) is 18.6 Å². The van der Waals surface area contributed by atoms with Crippen molar-refractivity contribution >= 4 is 15.9 Å². The van der Waals surface area contributed by atoms with E-state index in [-0.39, 0.29) is 6.04 Å². The van der Waals surface area contributed by atoms with E-state index in [1.54, 1.807) is 0 Å². The summed E-state index contributed by atoms with van der Waals surface area (Å²) >= 11 is 3.37. The van der Waals surface area contributed by atoms with Gasteiger partial charge in [0.25, 0.3) is 0 Å². The molecular weight excluding hydrogens is 328 g/mol. The summed E-state index contributed by atoms with van der Waals surface area (Å²) in [5, 5.41) is 0. The predicted molar refractivity (Wildman–Crippen MR) is 75.4 cm³/mol. The molecule has 0 saturated heterocycles. The zero-order valence-electron chi connectivity index (χ0n) is 10.4. The molecule has 2 unspecified atom stereocenters. The van der Waals surface area contributed by atoms with Crippen LogP contribution in [0, 0.1) is 11.6 Å². The number of ether oxygens (including phenoxy) is 1.